The first kappa shape index (κ1) is 27.0. The number of hydrogen-bond acceptors (Lipinski definition) is 9. The van der Waals surface area contributed by atoms with Crippen LogP contribution in [0.25, 0.3) is 6.08 Å². The van der Waals surface area contributed by atoms with E-state index < -0.39 is 12.0 Å². The van der Waals surface area contributed by atoms with Crippen molar-refractivity contribution in [3.05, 3.63) is 78.5 Å². The maximum absolute atomic E-state index is 14.0. The van der Waals surface area contributed by atoms with E-state index in [0.717, 1.165) is 0 Å². The van der Waals surface area contributed by atoms with Crippen LogP contribution in [0.5, 0.6) is 23.0 Å². The van der Waals surface area contributed by atoms with E-state index in [1.807, 2.05) is 19.1 Å². The van der Waals surface area contributed by atoms with Crippen molar-refractivity contribution in [2.75, 3.05) is 34.5 Å². The lowest BCUT2D eigenvalue weighted by Gasteiger charge is -2.26. The second-order valence-electron chi connectivity index (χ2n) is 8.22. The lowest BCUT2D eigenvalue weighted by atomic mass is 9.94. The van der Waals surface area contributed by atoms with Gasteiger partial charge in [0, 0.05) is 17.2 Å². The van der Waals surface area contributed by atoms with Gasteiger partial charge in [0.15, 0.2) is 16.3 Å². The number of carbonyl (C=O) groups excluding carboxylic acids is 1. The molecule has 1 aliphatic rings. The molecule has 0 amide bonds. The van der Waals surface area contributed by atoms with Crippen LogP contribution in [0.2, 0.25) is 0 Å². The number of benzene rings is 2. The number of rotatable bonds is 9. The molecule has 0 bridgehead atoms. The zero-order valence-corrected chi connectivity index (χ0v) is 23.0. The van der Waals surface area contributed by atoms with E-state index >= 15 is 0 Å². The van der Waals surface area contributed by atoms with Gasteiger partial charge in [-0.25, -0.2) is 9.79 Å². The van der Waals surface area contributed by atoms with E-state index in [-0.39, 0.29) is 17.7 Å². The quantitative estimate of drug-likeness (QED) is 0.386. The van der Waals surface area contributed by atoms with Crippen LogP contribution < -0.4 is 33.8 Å². The lowest BCUT2D eigenvalue weighted by molar-refractivity contribution is -0.139. The Kier molecular flexibility index (Phi) is 8.21. The van der Waals surface area contributed by atoms with Gasteiger partial charge in [0.05, 0.1) is 50.3 Å². The summed E-state index contributed by atoms with van der Waals surface area (Å²) in [6.45, 7) is 5.88. The second kappa shape index (κ2) is 11.6. The summed E-state index contributed by atoms with van der Waals surface area (Å²) in [4.78, 5) is 32.3. The zero-order valence-electron chi connectivity index (χ0n) is 22.2. The van der Waals surface area contributed by atoms with Crippen LogP contribution in [0.3, 0.4) is 0 Å². The number of esters is 1. The van der Waals surface area contributed by atoms with Crippen molar-refractivity contribution in [3.63, 3.8) is 0 Å². The predicted octanol–water partition coefficient (Wildman–Crippen LogP) is 3.22. The van der Waals surface area contributed by atoms with E-state index in [4.69, 9.17) is 23.7 Å². The molecule has 3 aromatic rings. The minimum absolute atomic E-state index is 0.181. The van der Waals surface area contributed by atoms with Crippen molar-refractivity contribution < 1.29 is 28.5 Å². The summed E-state index contributed by atoms with van der Waals surface area (Å²) in [6.07, 6.45) is 1.75. The number of allylic oxidation sites excluding steroid dienone is 1. The number of fused-ring (bicyclic) bond motifs is 1. The molecule has 0 spiro atoms. The van der Waals surface area contributed by atoms with Gasteiger partial charge in [-0.1, -0.05) is 23.5 Å². The van der Waals surface area contributed by atoms with Gasteiger partial charge >= 0.3 is 5.97 Å². The Morgan fingerprint density at radius 2 is 1.82 bits per heavy atom. The molecule has 0 radical (unpaired) electrons. The van der Waals surface area contributed by atoms with Crippen molar-refractivity contribution in [2.24, 2.45) is 4.99 Å². The normalized spacial score (nSPS) is 15.0. The standard InChI is InChI=1S/C28H30N2O7S/c1-7-36-25-19(10-9-11-20(25)34-5)24-23(27(32)37-8-2)16(3)29-28-30(24)26(31)22(38-28)14-17-12-13-18(33-4)15-21(17)35-6/h9-15,24H,7-8H2,1-6H3/b22-14+/t24-/m0/s1. The van der Waals surface area contributed by atoms with Crippen LogP contribution in [0.4, 0.5) is 0 Å². The highest BCUT2D eigenvalue weighted by atomic mass is 32.1. The highest BCUT2D eigenvalue weighted by molar-refractivity contribution is 7.07. The summed E-state index contributed by atoms with van der Waals surface area (Å²) in [5, 5.41) is 0. The number of carbonyl (C=O) groups is 1. The first-order chi connectivity index (χ1) is 18.4. The van der Waals surface area contributed by atoms with E-state index in [2.05, 4.69) is 4.99 Å². The van der Waals surface area contributed by atoms with E-state index in [9.17, 15) is 9.59 Å². The van der Waals surface area contributed by atoms with Crippen molar-refractivity contribution in [3.8, 4) is 23.0 Å². The van der Waals surface area contributed by atoms with Gasteiger partial charge < -0.3 is 23.7 Å². The van der Waals surface area contributed by atoms with Gasteiger partial charge in [-0.3, -0.25) is 9.36 Å². The average molecular weight is 539 g/mol. The molecule has 0 aliphatic carbocycles. The molecular weight excluding hydrogens is 508 g/mol. The molecular formula is C28H30N2O7S. The van der Waals surface area contributed by atoms with Crippen LogP contribution >= 0.6 is 11.3 Å². The minimum Gasteiger partial charge on any atom is -0.497 e. The Morgan fingerprint density at radius 3 is 2.47 bits per heavy atom. The van der Waals surface area contributed by atoms with Crippen molar-refractivity contribution in [1.29, 1.82) is 0 Å². The Balaban J connectivity index is 2.01. The number of hydrogen-bond donors (Lipinski definition) is 0. The summed E-state index contributed by atoms with van der Waals surface area (Å²) in [7, 11) is 4.68. The zero-order chi connectivity index (χ0) is 27.4. The third-order valence-corrected chi connectivity index (χ3v) is 7.04. The van der Waals surface area contributed by atoms with Gasteiger partial charge in [-0.05, 0) is 45.0 Å². The molecule has 0 saturated heterocycles. The van der Waals surface area contributed by atoms with Gasteiger partial charge in [0.25, 0.3) is 5.56 Å². The monoisotopic (exact) mass is 538 g/mol. The van der Waals surface area contributed by atoms with E-state index in [1.165, 1.54) is 15.9 Å². The largest absolute Gasteiger partial charge is 0.497 e. The number of thiazole rings is 1. The van der Waals surface area contributed by atoms with Gasteiger partial charge in [-0.2, -0.15) is 0 Å². The van der Waals surface area contributed by atoms with Gasteiger partial charge in [0.1, 0.15) is 17.5 Å². The molecule has 9 nitrogen and oxygen atoms in total. The van der Waals surface area contributed by atoms with Crippen LogP contribution in [-0.4, -0.2) is 45.1 Å². The molecule has 0 N–H and O–H groups in total. The Labute approximate surface area is 224 Å². The number of nitrogens with zero attached hydrogens (tertiary/aromatic N) is 2. The van der Waals surface area contributed by atoms with Crippen molar-refractivity contribution in [2.45, 2.75) is 26.8 Å². The van der Waals surface area contributed by atoms with Gasteiger partial charge in [0.2, 0.25) is 0 Å². The maximum Gasteiger partial charge on any atom is 0.338 e. The summed E-state index contributed by atoms with van der Waals surface area (Å²) in [6, 6.07) is 9.92. The highest BCUT2D eigenvalue weighted by Gasteiger charge is 2.36. The third kappa shape index (κ3) is 4.91. The lowest BCUT2D eigenvalue weighted by Crippen LogP contribution is -2.40. The highest BCUT2D eigenvalue weighted by Crippen LogP contribution is 2.40. The first-order valence-corrected chi connectivity index (χ1v) is 12.9. The molecule has 1 aliphatic heterocycles. The fourth-order valence-electron chi connectivity index (χ4n) is 4.37. The fourth-order valence-corrected chi connectivity index (χ4v) is 5.41. The van der Waals surface area contributed by atoms with E-state index in [0.29, 0.717) is 55.8 Å². The molecule has 4 rings (SSSR count). The van der Waals surface area contributed by atoms with E-state index in [1.54, 1.807) is 65.5 Å². The fraction of sp³-hybridized carbons (Fsp3) is 0.321. The molecule has 0 saturated carbocycles. The molecule has 2 aromatic carbocycles. The van der Waals surface area contributed by atoms with Crippen molar-refractivity contribution in [1.82, 2.24) is 4.57 Å². The molecule has 38 heavy (non-hydrogen) atoms. The SMILES string of the molecule is CCOC(=O)C1=C(C)N=c2s/c(=C/c3ccc(OC)cc3OC)c(=O)n2[C@H]1c1cccc(OC)c1OCC. The molecule has 200 valence electrons. The van der Waals surface area contributed by atoms with Crippen LogP contribution in [0, 0.1) is 0 Å². The summed E-state index contributed by atoms with van der Waals surface area (Å²) < 4.78 is 29.7. The third-order valence-electron chi connectivity index (χ3n) is 6.06. The first-order valence-electron chi connectivity index (χ1n) is 12.1. The molecule has 0 unspecified atom stereocenters. The topological polar surface area (TPSA) is 97.6 Å². The molecule has 10 heteroatoms. The Hall–Kier alpha value is -4.05. The smallest absolute Gasteiger partial charge is 0.338 e. The molecule has 1 aromatic heterocycles. The van der Waals surface area contributed by atoms with Crippen LogP contribution in [0.1, 0.15) is 37.9 Å². The second-order valence-corrected chi connectivity index (χ2v) is 9.23. The minimum atomic E-state index is -0.832. The summed E-state index contributed by atoms with van der Waals surface area (Å²) in [5.74, 6) is 1.59. The molecule has 0 fully saturated rings. The van der Waals surface area contributed by atoms with Gasteiger partial charge in [-0.15, -0.1) is 0 Å². The van der Waals surface area contributed by atoms with Crippen LogP contribution in [-0.2, 0) is 9.53 Å². The number of ether oxygens (including phenoxy) is 5. The Morgan fingerprint density at radius 1 is 1.05 bits per heavy atom. The summed E-state index contributed by atoms with van der Waals surface area (Å²) in [5.41, 5.74) is 1.72. The van der Waals surface area contributed by atoms with Crippen molar-refractivity contribution >= 4 is 23.4 Å². The number of aromatic nitrogens is 1. The molecule has 1 atom stereocenters. The Bertz CT molecular complexity index is 1570. The average Bonchev–Trinajstić information content (AvgIpc) is 3.22. The number of para-hydroxylation sites is 1. The predicted molar refractivity (Wildman–Crippen MR) is 144 cm³/mol. The number of methoxy groups -OCH3 is 3. The summed E-state index contributed by atoms with van der Waals surface area (Å²) >= 11 is 1.23. The van der Waals surface area contributed by atoms with Crippen LogP contribution in [0.15, 0.2) is 57.5 Å². The molecule has 2 heterocycles. The maximum atomic E-state index is 14.0.